The van der Waals surface area contributed by atoms with Gasteiger partial charge < -0.3 is 0 Å². The Bertz CT molecular complexity index is 1130. The number of nitrogens with zero attached hydrogens (tertiary/aromatic N) is 2. The molecule has 0 saturated carbocycles. The van der Waals surface area contributed by atoms with Crippen molar-refractivity contribution in [2.24, 2.45) is 0 Å². The van der Waals surface area contributed by atoms with Crippen LogP contribution in [0.1, 0.15) is 21.5 Å². The van der Waals surface area contributed by atoms with Crippen molar-refractivity contribution >= 4 is 55.6 Å². The third-order valence-corrected chi connectivity index (χ3v) is 6.80. The Morgan fingerprint density at radius 2 is 1.93 bits per heavy atom. The van der Waals surface area contributed by atoms with Gasteiger partial charge in [-0.2, -0.15) is 0 Å². The Kier molecular flexibility index (Phi) is 6.31. The molecule has 28 heavy (non-hydrogen) atoms. The SMILES string of the molecule is Cc1cccc(C(=O)Nc2nnc(S(=O)(=O)NCc3ccc(Cl)cc3Cl)s2)c1. The van der Waals surface area contributed by atoms with Crippen molar-refractivity contribution in [1.29, 1.82) is 0 Å². The molecule has 0 saturated heterocycles. The number of anilines is 1. The molecule has 3 aromatic rings. The Labute approximate surface area is 175 Å². The molecule has 0 spiro atoms. The molecule has 2 N–H and O–H groups in total. The summed E-state index contributed by atoms with van der Waals surface area (Å²) in [6, 6.07) is 11.7. The summed E-state index contributed by atoms with van der Waals surface area (Å²) in [6.45, 7) is 1.83. The number of sulfonamides is 1. The quantitative estimate of drug-likeness (QED) is 0.547. The van der Waals surface area contributed by atoms with E-state index < -0.39 is 15.9 Å². The van der Waals surface area contributed by atoms with Gasteiger partial charge in [0.1, 0.15) is 0 Å². The third-order valence-electron chi connectivity index (χ3n) is 3.60. The highest BCUT2D eigenvalue weighted by molar-refractivity contribution is 7.91. The molecule has 11 heteroatoms. The molecule has 0 fully saturated rings. The molecule has 0 aliphatic rings. The first kappa shape index (κ1) is 20.7. The lowest BCUT2D eigenvalue weighted by Crippen LogP contribution is -2.23. The number of benzene rings is 2. The summed E-state index contributed by atoms with van der Waals surface area (Å²) in [4.78, 5) is 12.2. The van der Waals surface area contributed by atoms with Gasteiger partial charge in [0.05, 0.1) is 0 Å². The number of aromatic nitrogens is 2. The van der Waals surface area contributed by atoms with Gasteiger partial charge in [-0.1, -0.05) is 58.3 Å². The van der Waals surface area contributed by atoms with Crippen molar-refractivity contribution in [3.05, 3.63) is 69.2 Å². The van der Waals surface area contributed by atoms with Gasteiger partial charge in [0.25, 0.3) is 15.9 Å². The van der Waals surface area contributed by atoms with Crippen LogP contribution < -0.4 is 10.0 Å². The molecule has 7 nitrogen and oxygen atoms in total. The molecule has 1 heterocycles. The number of carbonyl (C=O) groups excluding carboxylic acids is 1. The number of rotatable bonds is 6. The van der Waals surface area contributed by atoms with Crippen molar-refractivity contribution in [3.63, 3.8) is 0 Å². The minimum Gasteiger partial charge on any atom is -0.296 e. The van der Waals surface area contributed by atoms with Crippen molar-refractivity contribution < 1.29 is 13.2 Å². The Hall–Kier alpha value is -2.04. The average molecular weight is 457 g/mol. The highest BCUT2D eigenvalue weighted by atomic mass is 35.5. The van der Waals surface area contributed by atoms with Gasteiger partial charge in [-0.15, -0.1) is 10.2 Å². The first-order chi connectivity index (χ1) is 13.2. The van der Waals surface area contributed by atoms with Gasteiger partial charge in [0.2, 0.25) is 9.47 Å². The maximum absolute atomic E-state index is 12.4. The lowest BCUT2D eigenvalue weighted by molar-refractivity contribution is 0.102. The summed E-state index contributed by atoms with van der Waals surface area (Å²) in [6.07, 6.45) is 0. The summed E-state index contributed by atoms with van der Waals surface area (Å²) >= 11 is 12.6. The fourth-order valence-corrected chi connectivity index (χ4v) is 4.64. The number of carbonyl (C=O) groups is 1. The molecule has 0 aliphatic carbocycles. The number of hydrogen-bond donors (Lipinski definition) is 2. The minimum absolute atomic E-state index is 0.0388. The van der Waals surface area contributed by atoms with Crippen molar-refractivity contribution in [1.82, 2.24) is 14.9 Å². The zero-order valence-corrected chi connectivity index (χ0v) is 17.6. The second-order valence-electron chi connectivity index (χ2n) is 5.76. The van der Waals surface area contributed by atoms with E-state index in [0.717, 1.165) is 16.9 Å². The van der Waals surface area contributed by atoms with Crippen LogP contribution in [0.5, 0.6) is 0 Å². The molecule has 0 aliphatic heterocycles. The van der Waals surface area contributed by atoms with Crippen molar-refractivity contribution in [2.45, 2.75) is 17.8 Å². The fraction of sp³-hybridized carbons (Fsp3) is 0.118. The van der Waals surface area contributed by atoms with E-state index in [1.807, 2.05) is 13.0 Å². The Morgan fingerprint density at radius 3 is 2.64 bits per heavy atom. The maximum atomic E-state index is 12.4. The van der Waals surface area contributed by atoms with E-state index in [9.17, 15) is 13.2 Å². The fourth-order valence-electron chi connectivity index (χ4n) is 2.22. The van der Waals surface area contributed by atoms with Crippen molar-refractivity contribution in [3.8, 4) is 0 Å². The van der Waals surface area contributed by atoms with E-state index >= 15 is 0 Å². The topological polar surface area (TPSA) is 101 Å². The lowest BCUT2D eigenvalue weighted by Gasteiger charge is -2.06. The summed E-state index contributed by atoms with van der Waals surface area (Å²) < 4.78 is 27.0. The number of hydrogen-bond acceptors (Lipinski definition) is 6. The van der Waals surface area contributed by atoms with Gasteiger partial charge in [-0.3, -0.25) is 10.1 Å². The monoisotopic (exact) mass is 456 g/mol. The average Bonchev–Trinajstić information content (AvgIpc) is 3.10. The summed E-state index contributed by atoms with van der Waals surface area (Å²) in [5.41, 5.74) is 1.93. The molecule has 3 rings (SSSR count). The molecule has 0 radical (unpaired) electrons. The third kappa shape index (κ3) is 5.06. The molecule has 1 aromatic heterocycles. The maximum Gasteiger partial charge on any atom is 0.270 e. The van der Waals surface area contributed by atoms with Crippen LogP contribution in [-0.2, 0) is 16.6 Å². The van der Waals surface area contributed by atoms with Gasteiger partial charge in [0, 0.05) is 22.2 Å². The normalized spacial score (nSPS) is 11.4. The highest BCUT2D eigenvalue weighted by Gasteiger charge is 2.21. The molecule has 0 unspecified atom stereocenters. The second-order valence-corrected chi connectivity index (χ2v) is 9.52. The van der Waals surface area contributed by atoms with Crippen LogP contribution in [0.3, 0.4) is 0 Å². The van der Waals surface area contributed by atoms with E-state index in [2.05, 4.69) is 20.2 Å². The smallest absolute Gasteiger partial charge is 0.270 e. The van der Waals surface area contributed by atoms with E-state index in [0.29, 0.717) is 21.2 Å². The summed E-state index contributed by atoms with van der Waals surface area (Å²) in [5.74, 6) is -0.398. The van der Waals surface area contributed by atoms with Gasteiger partial charge in [-0.05, 0) is 36.8 Å². The van der Waals surface area contributed by atoms with Crippen LogP contribution in [0.2, 0.25) is 10.0 Å². The van der Waals surface area contributed by atoms with E-state index in [4.69, 9.17) is 23.2 Å². The molecule has 2 aromatic carbocycles. The predicted octanol–water partition coefficient (Wildman–Crippen LogP) is 3.88. The molecular weight excluding hydrogens is 443 g/mol. The van der Waals surface area contributed by atoms with Crippen molar-refractivity contribution in [2.75, 3.05) is 5.32 Å². The summed E-state index contributed by atoms with van der Waals surface area (Å²) in [7, 11) is -3.92. The minimum atomic E-state index is -3.92. The molecule has 0 atom stereocenters. The van der Waals surface area contributed by atoms with Crippen LogP contribution in [-0.4, -0.2) is 24.5 Å². The first-order valence-electron chi connectivity index (χ1n) is 7.90. The van der Waals surface area contributed by atoms with Crippen LogP contribution in [0.15, 0.2) is 46.8 Å². The van der Waals surface area contributed by atoms with Gasteiger partial charge in [0.15, 0.2) is 0 Å². The molecule has 146 valence electrons. The molecular formula is C17H14Cl2N4O3S2. The summed E-state index contributed by atoms with van der Waals surface area (Å²) in [5, 5.41) is 10.8. The predicted molar refractivity (Wildman–Crippen MR) is 110 cm³/mol. The van der Waals surface area contributed by atoms with Crippen LogP contribution >= 0.6 is 34.5 Å². The lowest BCUT2D eigenvalue weighted by atomic mass is 10.1. The van der Waals surface area contributed by atoms with Crippen LogP contribution in [0.4, 0.5) is 5.13 Å². The number of aryl methyl sites for hydroxylation is 1. The van der Waals surface area contributed by atoms with E-state index in [-0.39, 0.29) is 16.0 Å². The number of halogens is 2. The number of nitrogens with one attached hydrogen (secondary N) is 2. The number of amides is 1. The standard InChI is InChI=1S/C17H14Cl2N4O3S2/c1-10-3-2-4-11(7-10)15(24)21-16-22-23-17(27-16)28(25,26)20-9-12-5-6-13(18)8-14(12)19/h2-8,20H,9H2,1H3,(H,21,22,24). The highest BCUT2D eigenvalue weighted by Crippen LogP contribution is 2.23. The van der Waals surface area contributed by atoms with Gasteiger partial charge >= 0.3 is 0 Å². The Balaban J connectivity index is 1.68. The zero-order valence-electron chi connectivity index (χ0n) is 14.4. The molecule has 1 amide bonds. The second kappa shape index (κ2) is 8.54. The Morgan fingerprint density at radius 1 is 1.14 bits per heavy atom. The van der Waals surface area contributed by atoms with E-state index in [1.165, 1.54) is 6.07 Å². The first-order valence-corrected chi connectivity index (χ1v) is 11.0. The van der Waals surface area contributed by atoms with Crippen LogP contribution in [0, 0.1) is 6.92 Å². The zero-order chi connectivity index (χ0) is 20.3. The van der Waals surface area contributed by atoms with E-state index in [1.54, 1.807) is 30.3 Å². The van der Waals surface area contributed by atoms with Gasteiger partial charge in [-0.25, -0.2) is 13.1 Å². The van der Waals surface area contributed by atoms with Crippen LogP contribution in [0.25, 0.3) is 0 Å². The largest absolute Gasteiger partial charge is 0.296 e. The molecule has 0 bridgehead atoms.